The Kier molecular flexibility index (Phi) is 15.7. The summed E-state index contributed by atoms with van der Waals surface area (Å²) >= 11 is 2.46. The number of halogens is 1. The van der Waals surface area contributed by atoms with Gasteiger partial charge >= 0.3 is 0 Å². The Bertz CT molecular complexity index is 1510. The zero-order chi connectivity index (χ0) is 35.3. The van der Waals surface area contributed by atoms with Gasteiger partial charge in [-0.1, -0.05) is 98.5 Å². The van der Waals surface area contributed by atoms with E-state index in [0.29, 0.717) is 30.8 Å². The first-order valence-corrected chi connectivity index (χ1v) is 21.2. The normalized spacial score (nSPS) is 14.7. The summed E-state index contributed by atoms with van der Waals surface area (Å²) in [5, 5.41) is 10.5. The second kappa shape index (κ2) is 19.4. The number of ether oxygens (including phenoxy) is 1. The van der Waals surface area contributed by atoms with Crippen LogP contribution in [0.1, 0.15) is 74.6 Å². The molecule has 0 spiro atoms. The average Bonchev–Trinajstić information content (AvgIpc) is 3.10. The van der Waals surface area contributed by atoms with Crippen LogP contribution in [0.15, 0.2) is 71.6 Å². The molecule has 3 aromatic rings. The summed E-state index contributed by atoms with van der Waals surface area (Å²) < 4.78 is 35.5. The number of unbranched alkanes of at least 4 members (excludes halogenated alkanes) is 2. The van der Waals surface area contributed by atoms with Crippen molar-refractivity contribution in [2.24, 2.45) is 5.41 Å². The highest BCUT2D eigenvalue weighted by molar-refractivity contribution is 14.1. The van der Waals surface area contributed by atoms with E-state index < -0.39 is 15.3 Å². The van der Waals surface area contributed by atoms with Crippen molar-refractivity contribution in [2.45, 2.75) is 76.8 Å². The number of aliphatic hydroxyl groups excluding tert-OH is 1. The van der Waals surface area contributed by atoms with Crippen LogP contribution >= 0.6 is 22.6 Å². The van der Waals surface area contributed by atoms with Crippen molar-refractivity contribution < 1.29 is 18.3 Å². The smallest absolute Gasteiger partial charge is 0.179 e. The molecular formula is C40H58IN3O4S. The van der Waals surface area contributed by atoms with E-state index in [-0.39, 0.29) is 12.4 Å². The summed E-state index contributed by atoms with van der Waals surface area (Å²) in [6, 6.07) is 22.4. The van der Waals surface area contributed by atoms with Gasteiger partial charge in [0.15, 0.2) is 9.84 Å². The maximum absolute atomic E-state index is 14.1. The number of rotatable bonds is 20. The van der Waals surface area contributed by atoms with Crippen LogP contribution in [0.2, 0.25) is 0 Å². The molecule has 7 nitrogen and oxygen atoms in total. The molecule has 1 N–H and O–H groups in total. The number of anilines is 1. The van der Waals surface area contributed by atoms with Gasteiger partial charge in [0, 0.05) is 75.5 Å². The average molecular weight is 804 g/mol. The van der Waals surface area contributed by atoms with Crippen LogP contribution in [0.3, 0.4) is 0 Å². The molecule has 0 atom stereocenters. The molecular weight excluding hydrogens is 745 g/mol. The van der Waals surface area contributed by atoms with Crippen molar-refractivity contribution >= 4 is 38.1 Å². The third-order valence-electron chi connectivity index (χ3n) is 9.87. The standard InChI is InChI=1S/C40H58IN3O4S/c1-5-7-19-40(31-45,20-8-6-2)32-49(46,47)39-18-15-37(42(3)4)28-36(39)27-33-13-16-38(17-14-33)48-30-35-11-9-34(10-12-35)29-44-25-23-43(22-21-41)24-26-44/h9-18,28,45H,5-8,19-27,29-32H2,1-4H3. The third-order valence-corrected chi connectivity index (χ3v) is 12.4. The third kappa shape index (κ3) is 11.9. The topological polar surface area (TPSA) is 73.3 Å². The van der Waals surface area contributed by atoms with Crippen molar-refractivity contribution in [2.75, 3.05) is 68.5 Å². The predicted molar refractivity (Wildman–Crippen MR) is 212 cm³/mol. The van der Waals surface area contributed by atoms with Crippen LogP contribution in [0.25, 0.3) is 0 Å². The van der Waals surface area contributed by atoms with Crippen molar-refractivity contribution in [1.29, 1.82) is 0 Å². The molecule has 0 saturated carbocycles. The largest absolute Gasteiger partial charge is 0.489 e. The zero-order valence-electron chi connectivity index (χ0n) is 30.2. The fraction of sp³-hybridized carbons (Fsp3) is 0.550. The molecule has 1 heterocycles. The van der Waals surface area contributed by atoms with Crippen LogP contribution < -0.4 is 9.64 Å². The van der Waals surface area contributed by atoms with Gasteiger partial charge in [0.05, 0.1) is 10.6 Å². The molecule has 1 fully saturated rings. The summed E-state index contributed by atoms with van der Waals surface area (Å²) in [7, 11) is 0.278. The highest BCUT2D eigenvalue weighted by Gasteiger charge is 2.35. The molecule has 0 unspecified atom stereocenters. The first kappa shape index (κ1) is 39.6. The van der Waals surface area contributed by atoms with Crippen LogP contribution in [0, 0.1) is 5.41 Å². The molecule has 0 bridgehead atoms. The maximum Gasteiger partial charge on any atom is 0.179 e. The van der Waals surface area contributed by atoms with Gasteiger partial charge in [-0.2, -0.15) is 0 Å². The molecule has 4 rings (SSSR count). The Hall–Kier alpha value is -2.18. The monoisotopic (exact) mass is 803 g/mol. The SMILES string of the molecule is CCCCC(CO)(CCCC)CS(=O)(=O)c1ccc(N(C)C)cc1Cc1ccc(OCc2ccc(CN3CCN(CCI)CC3)cc2)cc1. The highest BCUT2D eigenvalue weighted by Crippen LogP contribution is 2.36. The van der Waals surface area contributed by atoms with Gasteiger partial charge in [-0.3, -0.25) is 4.90 Å². The molecule has 1 saturated heterocycles. The summed E-state index contributed by atoms with van der Waals surface area (Å²) in [5.41, 5.74) is 4.60. The molecule has 9 heteroatoms. The van der Waals surface area contributed by atoms with Gasteiger partial charge < -0.3 is 19.6 Å². The van der Waals surface area contributed by atoms with E-state index in [1.165, 1.54) is 16.5 Å². The number of sulfone groups is 1. The lowest BCUT2D eigenvalue weighted by atomic mass is 9.81. The van der Waals surface area contributed by atoms with Gasteiger partial charge in [-0.15, -0.1) is 0 Å². The van der Waals surface area contributed by atoms with E-state index in [4.69, 9.17) is 4.74 Å². The Morgan fingerprint density at radius 2 is 1.43 bits per heavy atom. The van der Waals surface area contributed by atoms with Gasteiger partial charge in [0.25, 0.3) is 0 Å². The summed E-state index contributed by atoms with van der Waals surface area (Å²) in [4.78, 5) is 7.45. The van der Waals surface area contributed by atoms with Gasteiger partial charge in [0.2, 0.25) is 0 Å². The fourth-order valence-electron chi connectivity index (χ4n) is 6.72. The van der Waals surface area contributed by atoms with Crippen LogP contribution in [0.5, 0.6) is 5.75 Å². The molecule has 1 aliphatic heterocycles. The number of benzene rings is 3. The fourth-order valence-corrected chi connectivity index (χ4v) is 9.55. The summed E-state index contributed by atoms with van der Waals surface area (Å²) in [6.07, 6.45) is 5.67. The van der Waals surface area contributed by atoms with Crippen LogP contribution in [0.4, 0.5) is 5.69 Å². The minimum Gasteiger partial charge on any atom is -0.489 e. The molecule has 49 heavy (non-hydrogen) atoms. The van der Waals surface area contributed by atoms with Gasteiger partial charge in [0.1, 0.15) is 12.4 Å². The van der Waals surface area contributed by atoms with E-state index >= 15 is 0 Å². The zero-order valence-corrected chi connectivity index (χ0v) is 33.1. The molecule has 0 radical (unpaired) electrons. The van der Waals surface area contributed by atoms with Crippen molar-refractivity contribution in [3.05, 3.63) is 89.0 Å². The minimum atomic E-state index is -3.66. The number of nitrogens with zero attached hydrogens (tertiary/aromatic N) is 3. The molecule has 1 aliphatic rings. The second-order valence-electron chi connectivity index (χ2n) is 14.0. The Morgan fingerprint density at radius 1 is 0.837 bits per heavy atom. The number of piperazine rings is 1. The van der Waals surface area contributed by atoms with E-state index in [1.807, 2.05) is 55.4 Å². The van der Waals surface area contributed by atoms with Crippen molar-refractivity contribution in [3.63, 3.8) is 0 Å². The number of hydrogen-bond donors (Lipinski definition) is 1. The first-order chi connectivity index (χ1) is 23.6. The molecule has 0 aromatic heterocycles. The Balaban J connectivity index is 1.41. The quantitative estimate of drug-likeness (QED) is 0.0932. The Morgan fingerprint density at radius 3 is 2.00 bits per heavy atom. The minimum absolute atomic E-state index is 0.0334. The lowest BCUT2D eigenvalue weighted by Crippen LogP contribution is -2.46. The molecule has 0 aliphatic carbocycles. The summed E-state index contributed by atoms with van der Waals surface area (Å²) in [5.74, 6) is 0.751. The molecule has 3 aromatic carbocycles. The van der Waals surface area contributed by atoms with E-state index in [0.717, 1.165) is 86.5 Å². The molecule has 0 amide bonds. The summed E-state index contributed by atoms with van der Waals surface area (Å²) in [6.45, 7) is 11.3. The van der Waals surface area contributed by atoms with E-state index in [9.17, 15) is 13.5 Å². The first-order valence-electron chi connectivity index (χ1n) is 18.0. The van der Waals surface area contributed by atoms with Crippen molar-refractivity contribution in [1.82, 2.24) is 9.80 Å². The van der Waals surface area contributed by atoms with Crippen molar-refractivity contribution in [3.8, 4) is 5.75 Å². The maximum atomic E-state index is 14.1. The van der Waals surface area contributed by atoms with Crippen LogP contribution in [-0.4, -0.2) is 86.9 Å². The molecule has 270 valence electrons. The lowest BCUT2D eigenvalue weighted by molar-refractivity contribution is 0.120. The highest BCUT2D eigenvalue weighted by atomic mass is 127. The number of alkyl halides is 1. The van der Waals surface area contributed by atoms with E-state index in [1.54, 1.807) is 6.07 Å². The second-order valence-corrected chi connectivity index (χ2v) is 17.1. The lowest BCUT2D eigenvalue weighted by Gasteiger charge is -2.34. The van der Waals surface area contributed by atoms with Crippen LogP contribution in [-0.2, 0) is 29.4 Å². The predicted octanol–water partition coefficient (Wildman–Crippen LogP) is 7.61. The van der Waals surface area contributed by atoms with Gasteiger partial charge in [-0.05, 0) is 71.8 Å². The van der Waals surface area contributed by atoms with E-state index in [2.05, 4.69) is 70.5 Å². The number of aliphatic hydroxyl groups is 1. The Labute approximate surface area is 310 Å². The number of hydrogen-bond acceptors (Lipinski definition) is 7. The van der Waals surface area contributed by atoms with Gasteiger partial charge in [-0.25, -0.2) is 8.42 Å².